The molecule has 0 radical (unpaired) electrons. The van der Waals surface area contributed by atoms with E-state index in [1.165, 1.54) is 0 Å². The van der Waals surface area contributed by atoms with E-state index < -0.39 is 6.16 Å². The summed E-state index contributed by atoms with van der Waals surface area (Å²) in [6.07, 6.45) is -0.743. The van der Waals surface area contributed by atoms with Gasteiger partial charge in [0.2, 0.25) is 0 Å². The van der Waals surface area contributed by atoms with E-state index in [2.05, 4.69) is 18.2 Å². The van der Waals surface area contributed by atoms with Crippen molar-refractivity contribution in [3.8, 4) is 11.5 Å². The highest BCUT2D eigenvalue weighted by molar-refractivity contribution is 6.06. The molecule has 0 aliphatic heterocycles. The third kappa shape index (κ3) is 3.11. The van der Waals surface area contributed by atoms with Crippen LogP contribution in [0.4, 0.5) is 4.79 Å². The van der Waals surface area contributed by atoms with Gasteiger partial charge >= 0.3 is 6.16 Å². The Morgan fingerprint density at radius 2 is 1.42 bits per heavy atom. The van der Waals surface area contributed by atoms with Crippen molar-refractivity contribution in [1.82, 2.24) is 0 Å². The quantitative estimate of drug-likeness (QED) is 0.248. The molecule has 4 rings (SSSR count). The molecular formula is C23H18O3. The Morgan fingerprint density at radius 1 is 0.692 bits per heavy atom. The smallest absolute Gasteiger partial charge is 0.395 e. The lowest BCUT2D eigenvalue weighted by atomic mass is 9.99. The normalized spacial score (nSPS) is 10.8. The van der Waals surface area contributed by atoms with Gasteiger partial charge in [-0.15, -0.1) is 0 Å². The summed E-state index contributed by atoms with van der Waals surface area (Å²) in [5.41, 5.74) is 2.26. The van der Waals surface area contributed by atoms with Crippen molar-refractivity contribution in [2.24, 2.45) is 0 Å². The van der Waals surface area contributed by atoms with Gasteiger partial charge in [-0.05, 0) is 48.9 Å². The first kappa shape index (κ1) is 16.2. The van der Waals surface area contributed by atoms with Crippen LogP contribution in [-0.2, 0) is 0 Å². The summed E-state index contributed by atoms with van der Waals surface area (Å²) in [4.78, 5) is 12.4. The van der Waals surface area contributed by atoms with Crippen LogP contribution >= 0.6 is 0 Å². The van der Waals surface area contributed by atoms with Crippen LogP contribution in [0.3, 0.4) is 0 Å². The third-order valence-corrected chi connectivity index (χ3v) is 4.35. The molecule has 0 atom stereocenters. The first-order valence-corrected chi connectivity index (χ1v) is 8.48. The lowest BCUT2D eigenvalue weighted by Gasteiger charge is -2.13. The van der Waals surface area contributed by atoms with E-state index in [0.717, 1.165) is 32.7 Å². The minimum absolute atomic E-state index is 0.453. The first-order valence-electron chi connectivity index (χ1n) is 8.48. The van der Waals surface area contributed by atoms with Gasteiger partial charge in [-0.3, -0.25) is 0 Å². The molecule has 3 nitrogen and oxygen atoms in total. The number of carbonyl (C=O) groups is 1. The number of aryl methyl sites for hydroxylation is 2. The highest BCUT2D eigenvalue weighted by Gasteiger charge is 2.15. The van der Waals surface area contributed by atoms with Gasteiger partial charge < -0.3 is 9.47 Å². The Bertz CT molecular complexity index is 1110. The SMILES string of the molecule is Cc1ccc2c(OC(=O)Oc3ccccc3)c3cc(C)ccc3cc2c1. The number of hydrogen-bond donors (Lipinski definition) is 0. The largest absolute Gasteiger partial charge is 0.519 e. The van der Waals surface area contributed by atoms with E-state index in [-0.39, 0.29) is 0 Å². The average molecular weight is 342 g/mol. The number of ether oxygens (including phenoxy) is 2. The fraction of sp³-hybridized carbons (Fsp3) is 0.0870. The maximum atomic E-state index is 12.4. The van der Waals surface area contributed by atoms with E-state index >= 15 is 0 Å². The van der Waals surface area contributed by atoms with Gasteiger partial charge in [0.05, 0.1) is 0 Å². The minimum atomic E-state index is -0.743. The number of fused-ring (bicyclic) bond motifs is 2. The molecule has 4 aromatic rings. The van der Waals surface area contributed by atoms with Gasteiger partial charge in [-0.2, -0.15) is 0 Å². The second-order valence-electron chi connectivity index (χ2n) is 6.42. The van der Waals surface area contributed by atoms with Crippen LogP contribution in [-0.4, -0.2) is 6.16 Å². The van der Waals surface area contributed by atoms with Crippen molar-refractivity contribution in [3.63, 3.8) is 0 Å². The molecule has 0 spiro atoms. The van der Waals surface area contributed by atoms with Crippen molar-refractivity contribution in [1.29, 1.82) is 0 Å². The van der Waals surface area contributed by atoms with Crippen LogP contribution in [0.5, 0.6) is 11.5 Å². The summed E-state index contributed by atoms with van der Waals surface area (Å²) in [5.74, 6) is 0.983. The third-order valence-electron chi connectivity index (χ3n) is 4.35. The van der Waals surface area contributed by atoms with Gasteiger partial charge in [0, 0.05) is 10.8 Å². The zero-order valence-electron chi connectivity index (χ0n) is 14.7. The number of benzene rings is 4. The zero-order valence-corrected chi connectivity index (χ0v) is 14.7. The maximum Gasteiger partial charge on any atom is 0.519 e. The Labute approximate surface area is 151 Å². The second kappa shape index (κ2) is 6.52. The summed E-state index contributed by atoms with van der Waals surface area (Å²) in [5, 5.41) is 3.84. The van der Waals surface area contributed by atoms with E-state index in [1.807, 2.05) is 56.3 Å². The molecule has 0 unspecified atom stereocenters. The molecule has 0 bridgehead atoms. The lowest BCUT2D eigenvalue weighted by Crippen LogP contribution is -2.14. The zero-order chi connectivity index (χ0) is 18.1. The van der Waals surface area contributed by atoms with E-state index in [1.54, 1.807) is 12.1 Å². The number of rotatable bonds is 2. The first-order chi connectivity index (χ1) is 12.6. The molecule has 0 aromatic heterocycles. The summed E-state index contributed by atoms with van der Waals surface area (Å²) < 4.78 is 11.0. The topological polar surface area (TPSA) is 35.5 Å². The minimum Gasteiger partial charge on any atom is -0.395 e. The van der Waals surface area contributed by atoms with E-state index in [4.69, 9.17) is 9.47 Å². The number of para-hydroxylation sites is 1. The molecular weight excluding hydrogens is 324 g/mol. The lowest BCUT2D eigenvalue weighted by molar-refractivity contribution is 0.153. The molecule has 26 heavy (non-hydrogen) atoms. The molecule has 0 aliphatic rings. The molecule has 3 heteroatoms. The van der Waals surface area contributed by atoms with Crippen LogP contribution in [0, 0.1) is 13.8 Å². The van der Waals surface area contributed by atoms with Crippen molar-refractivity contribution >= 4 is 27.7 Å². The van der Waals surface area contributed by atoms with E-state index in [0.29, 0.717) is 11.5 Å². The molecule has 128 valence electrons. The van der Waals surface area contributed by atoms with Crippen molar-refractivity contribution in [2.45, 2.75) is 13.8 Å². The Morgan fingerprint density at radius 3 is 2.23 bits per heavy atom. The van der Waals surface area contributed by atoms with Crippen LogP contribution < -0.4 is 9.47 Å². The maximum absolute atomic E-state index is 12.4. The molecule has 4 aromatic carbocycles. The molecule has 0 saturated heterocycles. The van der Waals surface area contributed by atoms with Crippen LogP contribution in [0.25, 0.3) is 21.5 Å². The summed E-state index contributed by atoms with van der Waals surface area (Å²) >= 11 is 0. The van der Waals surface area contributed by atoms with Crippen LogP contribution in [0.15, 0.2) is 72.8 Å². The predicted molar refractivity (Wildman–Crippen MR) is 104 cm³/mol. The summed E-state index contributed by atoms with van der Waals surface area (Å²) in [7, 11) is 0. The fourth-order valence-electron chi connectivity index (χ4n) is 3.11. The van der Waals surface area contributed by atoms with Gasteiger partial charge in [0.15, 0.2) is 0 Å². The Hall–Kier alpha value is -3.33. The molecule has 0 saturated carbocycles. The van der Waals surface area contributed by atoms with Gasteiger partial charge in [0.1, 0.15) is 11.5 Å². The molecule has 0 amide bonds. The predicted octanol–water partition coefficient (Wildman–Crippen LogP) is 6.19. The Balaban J connectivity index is 1.82. The number of carbonyl (C=O) groups excluding carboxylic acids is 1. The van der Waals surface area contributed by atoms with Gasteiger partial charge in [-0.25, -0.2) is 4.79 Å². The molecule has 0 aliphatic carbocycles. The van der Waals surface area contributed by atoms with Crippen LogP contribution in [0.1, 0.15) is 11.1 Å². The number of hydrogen-bond acceptors (Lipinski definition) is 3. The van der Waals surface area contributed by atoms with Gasteiger partial charge in [0.25, 0.3) is 0 Å². The highest BCUT2D eigenvalue weighted by atomic mass is 16.7. The average Bonchev–Trinajstić information content (AvgIpc) is 2.62. The molecule has 0 N–H and O–H groups in total. The van der Waals surface area contributed by atoms with Crippen molar-refractivity contribution in [3.05, 3.63) is 83.9 Å². The summed E-state index contributed by atoms with van der Waals surface area (Å²) in [6, 6.07) is 23.2. The standard InChI is InChI=1S/C23H18O3/c1-15-9-11-20-18(12-15)14-17-10-8-16(2)13-21(17)22(20)26-23(24)25-19-6-4-3-5-7-19/h3-14H,1-2H3. The summed E-state index contributed by atoms with van der Waals surface area (Å²) in [6.45, 7) is 4.06. The fourth-order valence-corrected chi connectivity index (χ4v) is 3.11. The van der Waals surface area contributed by atoms with E-state index in [9.17, 15) is 4.79 Å². The highest BCUT2D eigenvalue weighted by Crippen LogP contribution is 2.36. The van der Waals surface area contributed by atoms with Crippen molar-refractivity contribution < 1.29 is 14.3 Å². The second-order valence-corrected chi connectivity index (χ2v) is 6.42. The van der Waals surface area contributed by atoms with Crippen molar-refractivity contribution in [2.75, 3.05) is 0 Å². The molecule has 0 fully saturated rings. The van der Waals surface area contributed by atoms with Gasteiger partial charge in [-0.1, -0.05) is 59.7 Å². The van der Waals surface area contributed by atoms with Crippen LogP contribution in [0.2, 0.25) is 0 Å². The molecule has 0 heterocycles. The monoisotopic (exact) mass is 342 g/mol. The Kier molecular flexibility index (Phi) is 4.05.